The van der Waals surface area contributed by atoms with E-state index in [-0.39, 0.29) is 25.7 Å². The fourth-order valence-corrected chi connectivity index (χ4v) is 13.2. The molecule has 0 radical (unpaired) electrons. The topological polar surface area (TPSA) is 237 Å². The Morgan fingerprint density at radius 2 is 0.484 bits per heavy atom. The number of esters is 4. The number of carbonyl (C=O) groups excluding carboxylic acids is 4. The van der Waals surface area contributed by atoms with E-state index in [1.165, 1.54) is 199 Å². The third-order valence-corrected chi connectivity index (χ3v) is 19.5. The Labute approximate surface area is 581 Å². The molecular formula is C76H148O17P2. The quantitative estimate of drug-likeness (QED) is 0.0222. The van der Waals surface area contributed by atoms with Crippen molar-refractivity contribution in [1.29, 1.82) is 0 Å². The van der Waals surface area contributed by atoms with Crippen molar-refractivity contribution in [2.24, 2.45) is 17.8 Å². The largest absolute Gasteiger partial charge is 0.472 e. The van der Waals surface area contributed by atoms with Crippen molar-refractivity contribution in [3.8, 4) is 0 Å². The first kappa shape index (κ1) is 93.1. The average Bonchev–Trinajstić information content (AvgIpc) is 2.22. The number of unbranched alkanes of at least 4 members (excludes halogenated alkanes) is 42. The molecule has 0 saturated heterocycles. The molecule has 0 aromatic heterocycles. The number of hydrogen-bond donors (Lipinski definition) is 3. The van der Waals surface area contributed by atoms with Crippen LogP contribution in [0.25, 0.3) is 0 Å². The molecule has 19 heteroatoms. The molecule has 0 amide bonds. The van der Waals surface area contributed by atoms with Crippen molar-refractivity contribution >= 4 is 39.5 Å². The van der Waals surface area contributed by atoms with Crippen molar-refractivity contribution < 1.29 is 80.2 Å². The van der Waals surface area contributed by atoms with Gasteiger partial charge in [0.05, 0.1) is 26.4 Å². The van der Waals surface area contributed by atoms with E-state index in [0.29, 0.717) is 25.7 Å². The van der Waals surface area contributed by atoms with E-state index in [0.717, 1.165) is 108 Å². The van der Waals surface area contributed by atoms with Crippen molar-refractivity contribution in [3.05, 3.63) is 0 Å². The molecule has 0 saturated carbocycles. The standard InChI is InChI=1S/C76H148O17P2/c1-8-9-10-11-12-13-14-15-16-20-29-36-43-50-57-73(78)86-63-71(92-75(80)59-52-45-38-31-21-18-17-19-26-33-40-47-54-67(2)3)65-90-94(82,83)88-61-70(77)62-89-95(84,85)91-66-72(93-76(81)60-53-46-39-32-25-23-28-35-42-49-56-69(6)7)64-87-74(79)58-51-44-37-30-24-22-27-34-41-48-55-68(4)5/h67-72,77H,8-66H2,1-7H3,(H,82,83)(H,84,85)/t70-,71-,72-/m1/s1. The zero-order chi connectivity index (χ0) is 70.1. The zero-order valence-corrected chi connectivity index (χ0v) is 63.9. The highest BCUT2D eigenvalue weighted by Gasteiger charge is 2.30. The van der Waals surface area contributed by atoms with Gasteiger partial charge in [-0.2, -0.15) is 0 Å². The molecule has 0 heterocycles. The van der Waals surface area contributed by atoms with Crippen LogP contribution in [0.3, 0.4) is 0 Å². The molecule has 0 aliphatic carbocycles. The number of ether oxygens (including phenoxy) is 4. The average molecular weight is 1400 g/mol. The van der Waals surface area contributed by atoms with Crippen LogP contribution in [0.4, 0.5) is 0 Å². The van der Waals surface area contributed by atoms with Crippen LogP contribution >= 0.6 is 15.6 Å². The number of phosphoric acid groups is 2. The van der Waals surface area contributed by atoms with Crippen LogP contribution < -0.4 is 0 Å². The molecular weight excluding hydrogens is 1250 g/mol. The summed E-state index contributed by atoms with van der Waals surface area (Å²) in [6.07, 6.45) is 52.6. The lowest BCUT2D eigenvalue weighted by Crippen LogP contribution is -2.30. The van der Waals surface area contributed by atoms with Crippen molar-refractivity contribution in [2.75, 3.05) is 39.6 Å². The minimum Gasteiger partial charge on any atom is -0.462 e. The third-order valence-electron chi connectivity index (χ3n) is 17.6. The number of phosphoric ester groups is 2. The van der Waals surface area contributed by atoms with Crippen LogP contribution in [-0.2, 0) is 65.4 Å². The highest BCUT2D eigenvalue weighted by molar-refractivity contribution is 7.47. The Morgan fingerprint density at radius 3 is 0.716 bits per heavy atom. The lowest BCUT2D eigenvalue weighted by atomic mass is 10.0. The molecule has 17 nitrogen and oxygen atoms in total. The lowest BCUT2D eigenvalue weighted by molar-refractivity contribution is -0.161. The smallest absolute Gasteiger partial charge is 0.462 e. The summed E-state index contributed by atoms with van der Waals surface area (Å²) in [5, 5.41) is 10.6. The van der Waals surface area contributed by atoms with Crippen molar-refractivity contribution in [1.82, 2.24) is 0 Å². The second-order valence-electron chi connectivity index (χ2n) is 28.8. The summed E-state index contributed by atoms with van der Waals surface area (Å²) in [6.45, 7) is 11.9. The van der Waals surface area contributed by atoms with Crippen LogP contribution in [0.2, 0.25) is 0 Å². The SMILES string of the molecule is CCCCCCCCCCCCCCCCC(=O)OC[C@H](COP(=O)(O)OC[C@@H](O)COP(=O)(O)OC[C@@H](COC(=O)CCCCCCCCCCCCC(C)C)OC(=O)CCCCCCCCCCCCC(C)C)OC(=O)CCCCCCCCCCCCCCC(C)C. The van der Waals surface area contributed by atoms with Gasteiger partial charge in [-0.05, 0) is 43.4 Å². The molecule has 3 N–H and O–H groups in total. The summed E-state index contributed by atoms with van der Waals surface area (Å²) in [6, 6.07) is 0. The Kier molecular flexibility index (Phi) is 65.2. The van der Waals surface area contributed by atoms with E-state index in [1.54, 1.807) is 0 Å². The van der Waals surface area contributed by atoms with Gasteiger partial charge in [-0.3, -0.25) is 37.3 Å². The Balaban J connectivity index is 5.27. The molecule has 0 bridgehead atoms. The first-order chi connectivity index (χ1) is 45.7. The maximum absolute atomic E-state index is 13.1. The predicted molar refractivity (Wildman–Crippen MR) is 386 cm³/mol. The molecule has 564 valence electrons. The summed E-state index contributed by atoms with van der Waals surface area (Å²) in [5.74, 6) is 0.171. The molecule has 0 fully saturated rings. The molecule has 5 atom stereocenters. The second-order valence-corrected chi connectivity index (χ2v) is 31.7. The number of carbonyl (C=O) groups is 4. The molecule has 0 aliphatic heterocycles. The van der Waals surface area contributed by atoms with Gasteiger partial charge in [0.1, 0.15) is 19.3 Å². The van der Waals surface area contributed by atoms with Crippen LogP contribution in [0.1, 0.15) is 389 Å². The molecule has 0 aliphatic rings. The summed E-state index contributed by atoms with van der Waals surface area (Å²) >= 11 is 0. The first-order valence-corrected chi connectivity index (χ1v) is 42.3. The van der Waals surface area contributed by atoms with Gasteiger partial charge in [0, 0.05) is 25.7 Å². The summed E-state index contributed by atoms with van der Waals surface area (Å²) in [7, 11) is -9.91. The normalized spacial score (nSPS) is 14.1. The van der Waals surface area contributed by atoms with E-state index < -0.39 is 97.5 Å². The fraction of sp³-hybridized carbons (Fsp3) is 0.947. The van der Waals surface area contributed by atoms with Crippen molar-refractivity contribution in [2.45, 2.75) is 407 Å². The molecule has 0 spiro atoms. The Bertz CT molecular complexity index is 1850. The number of aliphatic hydroxyl groups excluding tert-OH is 1. The van der Waals surface area contributed by atoms with Gasteiger partial charge < -0.3 is 33.8 Å². The van der Waals surface area contributed by atoms with Gasteiger partial charge >= 0.3 is 39.5 Å². The maximum atomic E-state index is 13.1. The molecule has 0 aromatic carbocycles. The van der Waals surface area contributed by atoms with E-state index in [9.17, 15) is 43.2 Å². The zero-order valence-electron chi connectivity index (χ0n) is 62.1. The highest BCUT2D eigenvalue weighted by Crippen LogP contribution is 2.45. The summed E-state index contributed by atoms with van der Waals surface area (Å²) in [4.78, 5) is 72.9. The van der Waals surface area contributed by atoms with E-state index in [2.05, 4.69) is 48.5 Å². The number of aliphatic hydroxyl groups is 1. The van der Waals surface area contributed by atoms with Crippen LogP contribution in [-0.4, -0.2) is 96.7 Å². The van der Waals surface area contributed by atoms with Gasteiger partial charge in [-0.15, -0.1) is 0 Å². The summed E-state index contributed by atoms with van der Waals surface area (Å²) in [5.41, 5.74) is 0. The van der Waals surface area contributed by atoms with Gasteiger partial charge in [-0.1, -0.05) is 337 Å². The lowest BCUT2D eigenvalue weighted by Gasteiger charge is -2.21. The third kappa shape index (κ3) is 70.3. The number of hydrogen-bond acceptors (Lipinski definition) is 15. The molecule has 2 unspecified atom stereocenters. The maximum Gasteiger partial charge on any atom is 0.472 e. The minimum atomic E-state index is -4.96. The van der Waals surface area contributed by atoms with Gasteiger partial charge in [0.2, 0.25) is 0 Å². The minimum absolute atomic E-state index is 0.106. The monoisotopic (exact) mass is 1400 g/mol. The van der Waals surface area contributed by atoms with Gasteiger partial charge in [-0.25, -0.2) is 9.13 Å². The fourth-order valence-electron chi connectivity index (χ4n) is 11.6. The second kappa shape index (κ2) is 66.6. The van der Waals surface area contributed by atoms with Crippen LogP contribution in [0.15, 0.2) is 0 Å². The van der Waals surface area contributed by atoms with Crippen LogP contribution in [0, 0.1) is 17.8 Å². The predicted octanol–water partition coefficient (Wildman–Crippen LogP) is 22.2. The van der Waals surface area contributed by atoms with Crippen molar-refractivity contribution in [3.63, 3.8) is 0 Å². The Morgan fingerprint density at radius 1 is 0.284 bits per heavy atom. The van der Waals surface area contributed by atoms with E-state index in [4.69, 9.17) is 37.0 Å². The van der Waals surface area contributed by atoms with Crippen LogP contribution in [0.5, 0.6) is 0 Å². The molecule has 0 rings (SSSR count). The van der Waals surface area contributed by atoms with Gasteiger partial charge in [0.25, 0.3) is 0 Å². The molecule has 0 aromatic rings. The Hall–Kier alpha value is -1.94. The van der Waals surface area contributed by atoms with E-state index >= 15 is 0 Å². The van der Waals surface area contributed by atoms with Gasteiger partial charge in [0.15, 0.2) is 12.2 Å². The summed E-state index contributed by atoms with van der Waals surface area (Å²) < 4.78 is 68.6. The van der Waals surface area contributed by atoms with E-state index in [1.807, 2.05) is 0 Å². The first-order valence-electron chi connectivity index (χ1n) is 39.3. The number of rotatable bonds is 74. The highest BCUT2D eigenvalue weighted by atomic mass is 31.2. The molecule has 95 heavy (non-hydrogen) atoms.